The van der Waals surface area contributed by atoms with Gasteiger partial charge in [0.05, 0.1) is 14.2 Å². The van der Waals surface area contributed by atoms with Gasteiger partial charge >= 0.3 is 5.97 Å². The van der Waals surface area contributed by atoms with Crippen LogP contribution < -0.4 is 14.8 Å². The van der Waals surface area contributed by atoms with Crippen LogP contribution in [0.5, 0.6) is 11.5 Å². The molecule has 27 heavy (non-hydrogen) atoms. The van der Waals surface area contributed by atoms with Crippen LogP contribution in [0.15, 0.2) is 36.4 Å². The summed E-state index contributed by atoms with van der Waals surface area (Å²) in [6, 6.07) is 8.13. The van der Waals surface area contributed by atoms with Crippen molar-refractivity contribution in [2.75, 3.05) is 19.5 Å². The highest BCUT2D eigenvalue weighted by molar-refractivity contribution is 6.03. The first-order chi connectivity index (χ1) is 12.9. The standard InChI is InChI=1S/C19H18FNO6/c1-11(18(23)21-14-6-4-5-13(20)9-14)27-19(24)16-12(10-22)7-8-15(25-2)17(16)26-3/h4-11H,1-3H3,(H,21,23)/t11-/m0/s1. The van der Waals surface area contributed by atoms with Gasteiger partial charge in [0.25, 0.3) is 5.91 Å². The lowest BCUT2D eigenvalue weighted by atomic mass is 10.1. The Hall–Kier alpha value is -3.42. The Morgan fingerprint density at radius 1 is 1.15 bits per heavy atom. The number of carbonyl (C=O) groups is 3. The minimum atomic E-state index is -1.21. The van der Waals surface area contributed by atoms with E-state index in [1.54, 1.807) is 0 Å². The van der Waals surface area contributed by atoms with Crippen LogP contribution in [0.2, 0.25) is 0 Å². The van der Waals surface area contributed by atoms with Gasteiger partial charge in [0.1, 0.15) is 11.4 Å². The quantitative estimate of drug-likeness (QED) is 0.591. The SMILES string of the molecule is COc1ccc(C=O)c(C(=O)O[C@@H](C)C(=O)Nc2cccc(F)c2)c1OC. The monoisotopic (exact) mass is 375 g/mol. The maximum absolute atomic E-state index is 13.2. The first-order valence-corrected chi connectivity index (χ1v) is 7.88. The molecule has 7 nitrogen and oxygen atoms in total. The van der Waals surface area contributed by atoms with Crippen LogP contribution in [0.3, 0.4) is 0 Å². The summed E-state index contributed by atoms with van der Waals surface area (Å²) in [7, 11) is 2.69. The summed E-state index contributed by atoms with van der Waals surface area (Å²) >= 11 is 0. The number of halogens is 1. The van der Waals surface area contributed by atoms with E-state index in [0.717, 1.165) is 6.07 Å². The zero-order valence-corrected chi connectivity index (χ0v) is 14.9. The molecule has 0 aromatic heterocycles. The van der Waals surface area contributed by atoms with Crippen molar-refractivity contribution in [2.24, 2.45) is 0 Å². The molecule has 0 radical (unpaired) electrons. The number of esters is 1. The summed E-state index contributed by atoms with van der Waals surface area (Å²) in [5, 5.41) is 2.44. The first-order valence-electron chi connectivity index (χ1n) is 7.88. The van der Waals surface area contributed by atoms with Crippen molar-refractivity contribution in [3.05, 3.63) is 53.3 Å². The van der Waals surface area contributed by atoms with Crippen LogP contribution in [0.1, 0.15) is 27.6 Å². The number of ether oxygens (including phenoxy) is 3. The third-order valence-corrected chi connectivity index (χ3v) is 3.65. The second-order valence-electron chi connectivity index (χ2n) is 5.43. The number of methoxy groups -OCH3 is 2. The molecule has 1 amide bonds. The number of rotatable bonds is 7. The second-order valence-corrected chi connectivity index (χ2v) is 5.43. The van der Waals surface area contributed by atoms with Crippen molar-refractivity contribution in [3.8, 4) is 11.5 Å². The van der Waals surface area contributed by atoms with Crippen molar-refractivity contribution >= 4 is 23.9 Å². The van der Waals surface area contributed by atoms with Gasteiger partial charge < -0.3 is 19.5 Å². The highest BCUT2D eigenvalue weighted by atomic mass is 19.1. The molecule has 0 spiro atoms. The van der Waals surface area contributed by atoms with Crippen LogP contribution in [0, 0.1) is 5.82 Å². The number of nitrogens with one attached hydrogen (secondary N) is 1. The summed E-state index contributed by atoms with van der Waals surface area (Å²) in [4.78, 5) is 36.0. The number of hydrogen-bond acceptors (Lipinski definition) is 6. The summed E-state index contributed by atoms with van der Waals surface area (Å²) < 4.78 is 28.6. The Morgan fingerprint density at radius 2 is 1.89 bits per heavy atom. The second kappa shape index (κ2) is 8.79. The summed E-state index contributed by atoms with van der Waals surface area (Å²) in [6.45, 7) is 1.35. The molecule has 0 heterocycles. The molecule has 2 aromatic rings. The van der Waals surface area contributed by atoms with E-state index < -0.39 is 23.8 Å². The lowest BCUT2D eigenvalue weighted by molar-refractivity contribution is -0.123. The average molecular weight is 375 g/mol. The number of benzene rings is 2. The van der Waals surface area contributed by atoms with Gasteiger partial charge in [-0.25, -0.2) is 9.18 Å². The van der Waals surface area contributed by atoms with Gasteiger partial charge in [-0.3, -0.25) is 9.59 Å². The fourth-order valence-electron chi connectivity index (χ4n) is 2.33. The van der Waals surface area contributed by atoms with Crippen molar-refractivity contribution in [2.45, 2.75) is 13.0 Å². The minimum absolute atomic E-state index is 0.0184. The molecule has 2 aromatic carbocycles. The van der Waals surface area contributed by atoms with Gasteiger partial charge in [0.15, 0.2) is 23.9 Å². The van der Waals surface area contributed by atoms with E-state index in [9.17, 15) is 18.8 Å². The number of carbonyl (C=O) groups excluding carboxylic acids is 3. The summed E-state index contributed by atoms with van der Waals surface area (Å²) in [5.41, 5.74) is 0.0862. The number of aldehydes is 1. The third-order valence-electron chi connectivity index (χ3n) is 3.65. The molecule has 1 N–H and O–H groups in total. The van der Waals surface area contributed by atoms with Crippen molar-refractivity contribution < 1.29 is 33.0 Å². The summed E-state index contributed by atoms with van der Waals surface area (Å²) in [6.07, 6.45) is -0.744. The smallest absolute Gasteiger partial charge is 0.343 e. The van der Waals surface area contributed by atoms with E-state index in [0.29, 0.717) is 6.29 Å². The fourth-order valence-corrected chi connectivity index (χ4v) is 2.33. The van der Waals surface area contributed by atoms with E-state index in [4.69, 9.17) is 14.2 Å². The van der Waals surface area contributed by atoms with Crippen LogP contribution in [-0.4, -0.2) is 38.5 Å². The molecule has 1 atom stereocenters. The molecule has 0 aliphatic heterocycles. The van der Waals surface area contributed by atoms with Crippen LogP contribution >= 0.6 is 0 Å². The number of anilines is 1. The van der Waals surface area contributed by atoms with Gasteiger partial charge in [-0.15, -0.1) is 0 Å². The molecule has 0 unspecified atom stereocenters. The molecule has 0 aliphatic carbocycles. The Balaban J connectivity index is 2.21. The zero-order chi connectivity index (χ0) is 20.0. The Bertz CT molecular complexity index is 867. The zero-order valence-electron chi connectivity index (χ0n) is 14.9. The molecular weight excluding hydrogens is 357 g/mol. The number of amides is 1. The molecule has 142 valence electrons. The molecular formula is C19H18FNO6. The van der Waals surface area contributed by atoms with Gasteiger partial charge in [-0.2, -0.15) is 0 Å². The highest BCUT2D eigenvalue weighted by Crippen LogP contribution is 2.33. The third kappa shape index (κ3) is 4.60. The van der Waals surface area contributed by atoms with Crippen molar-refractivity contribution in [1.82, 2.24) is 0 Å². The average Bonchev–Trinajstić information content (AvgIpc) is 2.66. The minimum Gasteiger partial charge on any atom is -0.493 e. The van der Waals surface area contributed by atoms with Gasteiger partial charge in [-0.1, -0.05) is 6.07 Å². The van der Waals surface area contributed by atoms with Gasteiger partial charge in [0.2, 0.25) is 0 Å². The van der Waals surface area contributed by atoms with E-state index in [1.165, 1.54) is 51.5 Å². The van der Waals surface area contributed by atoms with E-state index >= 15 is 0 Å². The largest absolute Gasteiger partial charge is 0.493 e. The van der Waals surface area contributed by atoms with Crippen molar-refractivity contribution in [1.29, 1.82) is 0 Å². The van der Waals surface area contributed by atoms with Crippen LogP contribution in [0.4, 0.5) is 10.1 Å². The molecule has 0 saturated carbocycles. The molecule has 0 aliphatic rings. The van der Waals surface area contributed by atoms with Gasteiger partial charge in [0, 0.05) is 11.3 Å². The predicted octanol–water partition coefficient (Wildman–Crippen LogP) is 2.84. The number of hydrogen-bond donors (Lipinski definition) is 1. The summed E-state index contributed by atoms with van der Waals surface area (Å²) in [5.74, 6) is -1.87. The highest BCUT2D eigenvalue weighted by Gasteiger charge is 2.26. The van der Waals surface area contributed by atoms with E-state index in [1.807, 2.05) is 0 Å². The van der Waals surface area contributed by atoms with Gasteiger partial charge in [-0.05, 0) is 37.3 Å². The maximum Gasteiger partial charge on any atom is 0.343 e. The molecule has 2 rings (SSSR count). The maximum atomic E-state index is 13.2. The normalized spacial score (nSPS) is 11.3. The first kappa shape index (κ1) is 19.9. The predicted molar refractivity (Wildman–Crippen MR) is 94.8 cm³/mol. The van der Waals surface area contributed by atoms with E-state index in [2.05, 4.69) is 5.32 Å². The Morgan fingerprint density at radius 3 is 2.48 bits per heavy atom. The van der Waals surface area contributed by atoms with E-state index in [-0.39, 0.29) is 28.3 Å². The Kier molecular flexibility index (Phi) is 6.48. The van der Waals surface area contributed by atoms with Crippen LogP contribution in [0.25, 0.3) is 0 Å². The molecule has 0 bridgehead atoms. The molecule has 8 heteroatoms. The van der Waals surface area contributed by atoms with Crippen LogP contribution in [-0.2, 0) is 9.53 Å². The Labute approximate surface area is 155 Å². The molecule has 0 fully saturated rings. The van der Waals surface area contributed by atoms with Crippen molar-refractivity contribution in [3.63, 3.8) is 0 Å². The topological polar surface area (TPSA) is 90.9 Å². The lowest BCUT2D eigenvalue weighted by Crippen LogP contribution is -2.30. The fraction of sp³-hybridized carbons (Fsp3) is 0.211. The lowest BCUT2D eigenvalue weighted by Gasteiger charge is -2.17. The molecule has 0 saturated heterocycles.